The van der Waals surface area contributed by atoms with Gasteiger partial charge < -0.3 is 5.32 Å². The van der Waals surface area contributed by atoms with E-state index in [1.54, 1.807) is 0 Å². The van der Waals surface area contributed by atoms with Crippen LogP contribution in [0, 0.1) is 5.92 Å². The highest BCUT2D eigenvalue weighted by Gasteiger charge is 2.21. The fraction of sp³-hybridized carbons (Fsp3) is 0.688. The smallest absolute Gasteiger partial charge is 0.0544 e. The van der Waals surface area contributed by atoms with Gasteiger partial charge in [0.1, 0.15) is 0 Å². The Hall–Kier alpha value is -0.450. The van der Waals surface area contributed by atoms with Crippen molar-refractivity contribution in [2.24, 2.45) is 5.92 Å². The molecule has 0 aliphatic carbocycles. The van der Waals surface area contributed by atoms with Crippen molar-refractivity contribution in [3.8, 4) is 0 Å². The van der Waals surface area contributed by atoms with Crippen LogP contribution in [0.3, 0.4) is 0 Å². The van der Waals surface area contributed by atoms with E-state index in [0.29, 0.717) is 0 Å². The van der Waals surface area contributed by atoms with E-state index in [-0.39, 0.29) is 5.54 Å². The van der Waals surface area contributed by atoms with Crippen LogP contribution in [0.25, 0.3) is 0 Å². The van der Waals surface area contributed by atoms with E-state index in [2.05, 4.69) is 64.0 Å². The number of hydrogen-bond acceptors (Lipinski definition) is 3. The molecule has 1 aliphatic rings. The van der Waals surface area contributed by atoms with Gasteiger partial charge in [-0.2, -0.15) is 0 Å². The molecule has 1 aromatic rings. The molecule has 1 saturated heterocycles. The maximum atomic E-state index is 4.46. The standard InChI is InChI=1S/C16H26BrN3/c1-16(2,3)19-10-13-6-8-20(9-7-13)12-15-5-4-14(17)11-18-15/h4-5,11,13,19H,6-10,12H2,1-3H3. The third-order valence-corrected chi connectivity index (χ3v) is 4.27. The van der Waals surface area contributed by atoms with E-state index in [9.17, 15) is 0 Å². The number of nitrogens with one attached hydrogen (secondary N) is 1. The monoisotopic (exact) mass is 339 g/mol. The van der Waals surface area contributed by atoms with E-state index in [1.165, 1.54) is 31.6 Å². The van der Waals surface area contributed by atoms with Crippen LogP contribution in [0.5, 0.6) is 0 Å². The van der Waals surface area contributed by atoms with Crippen LogP contribution in [0.4, 0.5) is 0 Å². The molecule has 3 nitrogen and oxygen atoms in total. The van der Waals surface area contributed by atoms with E-state index in [0.717, 1.165) is 23.5 Å². The molecule has 20 heavy (non-hydrogen) atoms. The number of hydrogen-bond donors (Lipinski definition) is 1. The van der Waals surface area contributed by atoms with Crippen LogP contribution in [0.15, 0.2) is 22.8 Å². The molecule has 0 aromatic carbocycles. The highest BCUT2D eigenvalue weighted by molar-refractivity contribution is 9.10. The van der Waals surface area contributed by atoms with Crippen molar-refractivity contribution in [1.82, 2.24) is 15.2 Å². The lowest BCUT2D eigenvalue weighted by molar-refractivity contribution is 0.168. The topological polar surface area (TPSA) is 28.2 Å². The molecule has 2 rings (SSSR count). The minimum absolute atomic E-state index is 0.235. The molecule has 1 aromatic heterocycles. The van der Waals surface area contributed by atoms with Crippen LogP contribution >= 0.6 is 15.9 Å². The second-order valence-corrected chi connectivity index (χ2v) is 7.73. The van der Waals surface area contributed by atoms with Crippen molar-refractivity contribution in [3.63, 3.8) is 0 Å². The summed E-state index contributed by atoms with van der Waals surface area (Å²) < 4.78 is 1.05. The number of likely N-dealkylation sites (tertiary alicyclic amines) is 1. The minimum Gasteiger partial charge on any atom is -0.312 e. The normalized spacial score (nSPS) is 18.4. The van der Waals surface area contributed by atoms with Crippen molar-refractivity contribution in [1.29, 1.82) is 0 Å². The Morgan fingerprint density at radius 3 is 2.55 bits per heavy atom. The molecule has 0 radical (unpaired) electrons. The minimum atomic E-state index is 0.235. The summed E-state index contributed by atoms with van der Waals surface area (Å²) in [5, 5.41) is 3.63. The van der Waals surface area contributed by atoms with Crippen LogP contribution in [0.2, 0.25) is 0 Å². The third-order valence-electron chi connectivity index (χ3n) is 3.80. The highest BCUT2D eigenvalue weighted by Crippen LogP contribution is 2.19. The summed E-state index contributed by atoms with van der Waals surface area (Å²) in [7, 11) is 0. The Labute approximate surface area is 131 Å². The molecule has 1 N–H and O–H groups in total. The van der Waals surface area contributed by atoms with Crippen molar-refractivity contribution in [2.45, 2.75) is 45.7 Å². The second kappa shape index (κ2) is 7.01. The maximum Gasteiger partial charge on any atom is 0.0544 e. The number of rotatable bonds is 4. The number of halogens is 1. The summed E-state index contributed by atoms with van der Waals surface area (Å²) in [6.45, 7) is 11.2. The van der Waals surface area contributed by atoms with Crippen LogP contribution in [-0.4, -0.2) is 35.1 Å². The molecule has 0 saturated carbocycles. The van der Waals surface area contributed by atoms with Gasteiger partial charge in [0.2, 0.25) is 0 Å². The van der Waals surface area contributed by atoms with Gasteiger partial charge in [0, 0.05) is 22.8 Å². The molecule has 2 heterocycles. The first-order valence-corrected chi connectivity index (χ1v) is 8.29. The number of nitrogens with zero attached hydrogens (tertiary/aromatic N) is 2. The molecule has 112 valence electrons. The number of aromatic nitrogens is 1. The predicted molar refractivity (Wildman–Crippen MR) is 87.7 cm³/mol. The van der Waals surface area contributed by atoms with Crippen molar-refractivity contribution >= 4 is 15.9 Å². The number of piperidine rings is 1. The molecule has 1 aliphatic heterocycles. The zero-order chi connectivity index (χ0) is 14.6. The lowest BCUT2D eigenvalue weighted by atomic mass is 9.95. The number of pyridine rings is 1. The van der Waals surface area contributed by atoms with E-state index >= 15 is 0 Å². The predicted octanol–water partition coefficient (Wildman–Crippen LogP) is 3.44. The Balaban J connectivity index is 1.73. The molecule has 0 bridgehead atoms. The first kappa shape index (κ1) is 15.9. The van der Waals surface area contributed by atoms with Gasteiger partial charge in [0.05, 0.1) is 5.69 Å². The molecular weight excluding hydrogens is 314 g/mol. The van der Waals surface area contributed by atoms with E-state index < -0.39 is 0 Å². The largest absolute Gasteiger partial charge is 0.312 e. The molecule has 4 heteroatoms. The van der Waals surface area contributed by atoms with E-state index in [1.807, 2.05) is 6.20 Å². The van der Waals surface area contributed by atoms with Gasteiger partial charge in [0.15, 0.2) is 0 Å². The lowest BCUT2D eigenvalue weighted by Crippen LogP contribution is -2.42. The molecule has 0 spiro atoms. The Kier molecular flexibility index (Phi) is 5.58. The molecule has 0 atom stereocenters. The van der Waals surface area contributed by atoms with Crippen LogP contribution in [-0.2, 0) is 6.54 Å². The van der Waals surface area contributed by atoms with Gasteiger partial charge in [0.25, 0.3) is 0 Å². The highest BCUT2D eigenvalue weighted by atomic mass is 79.9. The fourth-order valence-corrected chi connectivity index (χ4v) is 2.76. The summed E-state index contributed by atoms with van der Waals surface area (Å²) in [6.07, 6.45) is 4.47. The molecular formula is C16H26BrN3. The maximum absolute atomic E-state index is 4.46. The Morgan fingerprint density at radius 2 is 2.00 bits per heavy atom. The summed E-state index contributed by atoms with van der Waals surface area (Å²) in [4.78, 5) is 6.98. The van der Waals surface area contributed by atoms with Gasteiger partial charge in [-0.3, -0.25) is 9.88 Å². The van der Waals surface area contributed by atoms with Gasteiger partial charge >= 0.3 is 0 Å². The van der Waals surface area contributed by atoms with Gasteiger partial charge in [-0.1, -0.05) is 0 Å². The van der Waals surface area contributed by atoms with Gasteiger partial charge in [-0.15, -0.1) is 0 Å². The quantitative estimate of drug-likeness (QED) is 0.910. The first-order chi connectivity index (χ1) is 9.42. The van der Waals surface area contributed by atoms with Crippen molar-refractivity contribution < 1.29 is 0 Å². The van der Waals surface area contributed by atoms with Gasteiger partial charge in [-0.05, 0) is 87.2 Å². The summed E-state index contributed by atoms with van der Waals surface area (Å²) >= 11 is 3.43. The van der Waals surface area contributed by atoms with Crippen LogP contribution < -0.4 is 5.32 Å². The van der Waals surface area contributed by atoms with Gasteiger partial charge in [-0.25, -0.2) is 0 Å². The lowest BCUT2D eigenvalue weighted by Gasteiger charge is -2.33. The van der Waals surface area contributed by atoms with Crippen LogP contribution in [0.1, 0.15) is 39.3 Å². The second-order valence-electron chi connectivity index (χ2n) is 6.82. The third kappa shape index (κ3) is 5.51. The molecule has 0 unspecified atom stereocenters. The average molecular weight is 340 g/mol. The first-order valence-electron chi connectivity index (χ1n) is 7.50. The Morgan fingerprint density at radius 1 is 1.30 bits per heavy atom. The fourth-order valence-electron chi connectivity index (χ4n) is 2.53. The van der Waals surface area contributed by atoms with Crippen molar-refractivity contribution in [3.05, 3.63) is 28.5 Å². The summed E-state index contributed by atoms with van der Waals surface area (Å²) in [6, 6.07) is 4.18. The molecule has 1 fully saturated rings. The average Bonchev–Trinajstić information content (AvgIpc) is 2.40. The molecule has 0 amide bonds. The van der Waals surface area contributed by atoms with E-state index in [4.69, 9.17) is 0 Å². The Bertz CT molecular complexity index is 403. The SMILES string of the molecule is CC(C)(C)NCC1CCN(Cc2ccc(Br)cn2)CC1. The summed E-state index contributed by atoms with van der Waals surface area (Å²) in [5.41, 5.74) is 1.40. The van der Waals surface area contributed by atoms with Crippen molar-refractivity contribution in [2.75, 3.05) is 19.6 Å². The summed E-state index contributed by atoms with van der Waals surface area (Å²) in [5.74, 6) is 0.823. The zero-order valence-corrected chi connectivity index (χ0v) is 14.4. The zero-order valence-electron chi connectivity index (χ0n) is 12.8.